The van der Waals surface area contributed by atoms with Gasteiger partial charge in [0.25, 0.3) is 5.91 Å². The van der Waals surface area contributed by atoms with Crippen molar-refractivity contribution in [3.8, 4) is 17.6 Å². The first kappa shape index (κ1) is 17.9. The van der Waals surface area contributed by atoms with Gasteiger partial charge in [-0.05, 0) is 31.2 Å². The number of halogens is 3. The van der Waals surface area contributed by atoms with Crippen LogP contribution in [0.3, 0.4) is 0 Å². The average molecular weight is 470 g/mol. The Morgan fingerprint density at radius 2 is 2.12 bits per heavy atom. The largest absolute Gasteiger partial charge is 0.434 e. The van der Waals surface area contributed by atoms with E-state index < -0.39 is 37.4 Å². The van der Waals surface area contributed by atoms with E-state index in [2.05, 4.69) is 16.8 Å². The number of aromatic nitrogens is 2. The van der Waals surface area contributed by atoms with E-state index in [0.717, 1.165) is 4.90 Å². The summed E-state index contributed by atoms with van der Waals surface area (Å²) >= 11 is 0. The second-order valence-corrected chi connectivity index (χ2v) is 8.98. The Balaban J connectivity index is 1.61. The molecule has 0 saturated carbocycles. The molecular weight excluding hydrogens is 447 g/mol. The Hall–Kier alpha value is -3.51. The molecule has 6 nitrogen and oxygen atoms in total. The third kappa shape index (κ3) is 2.95. The van der Waals surface area contributed by atoms with Gasteiger partial charge in [0.05, 0.1) is 41.8 Å². The van der Waals surface area contributed by atoms with Gasteiger partial charge in [-0.2, -0.15) is 8.78 Å². The van der Waals surface area contributed by atoms with E-state index in [1.54, 1.807) is 6.07 Å². The molecule has 0 radical (unpaired) electrons. The molecule has 0 spiro atoms. The summed E-state index contributed by atoms with van der Waals surface area (Å²) in [5.41, 5.74) is 0.00218. The number of hydrogen-bond donors (Lipinski definition) is 0. The van der Waals surface area contributed by atoms with E-state index in [1.165, 1.54) is 28.8 Å². The Labute approximate surface area is 197 Å². The average Bonchev–Trinajstić information content (AvgIpc) is 3.29. The number of imidazole rings is 1. The molecule has 2 atom stereocenters. The highest BCUT2D eigenvalue weighted by atomic mass is 19.3. The second-order valence-electron chi connectivity index (χ2n) is 8.98. The molecule has 3 aliphatic heterocycles. The predicted molar refractivity (Wildman–Crippen MR) is 116 cm³/mol. The standard InChI is InChI=1S/C25H20F3N3O3/c1-25(11-33-12-25)9-8-13-6-7-15-21(20(13)26)31-16-10-17(22(31)29-15)30(2)23(32)14-4-3-5-18(19(14)16)34-24(27)28/h3-7,16-17,24H,10-12H2,1-2H3/t16-,17-/m1/s1/i2D3. The van der Waals surface area contributed by atoms with Crippen molar-refractivity contribution >= 4 is 16.9 Å². The fourth-order valence-corrected chi connectivity index (χ4v) is 4.95. The highest BCUT2D eigenvalue weighted by Gasteiger charge is 2.45. The normalized spacial score (nSPS) is 23.7. The molecule has 1 aromatic heterocycles. The molecule has 3 aliphatic rings. The molecule has 6 rings (SSSR count). The second kappa shape index (κ2) is 7.24. The summed E-state index contributed by atoms with van der Waals surface area (Å²) in [5.74, 6) is 4.27. The lowest BCUT2D eigenvalue weighted by Gasteiger charge is -2.32. The molecule has 0 unspecified atom stereocenters. The SMILES string of the molecule is [2H]C([2H])([2H])N1C(=O)c2cccc(OC(F)F)c2[C@H]2C[C@@H]1c1nc3ccc(C#CC4(C)COC4)c(F)c3n12. The first-order valence-electron chi connectivity index (χ1n) is 12.2. The molecule has 1 amide bonds. The van der Waals surface area contributed by atoms with Crippen molar-refractivity contribution in [2.24, 2.45) is 5.41 Å². The Kier molecular flexibility index (Phi) is 3.81. The minimum atomic E-state index is -3.18. The quantitative estimate of drug-likeness (QED) is 0.525. The number of hydrogen-bond acceptors (Lipinski definition) is 4. The summed E-state index contributed by atoms with van der Waals surface area (Å²) in [6, 6.07) is 5.14. The number of carbonyl (C=O) groups is 1. The van der Waals surface area contributed by atoms with Crippen molar-refractivity contribution in [2.75, 3.05) is 20.2 Å². The maximum atomic E-state index is 16.0. The van der Waals surface area contributed by atoms with Gasteiger partial charge < -0.3 is 18.9 Å². The fraction of sp³-hybridized carbons (Fsp3) is 0.360. The van der Waals surface area contributed by atoms with E-state index >= 15 is 4.39 Å². The monoisotopic (exact) mass is 470 g/mol. The predicted octanol–water partition coefficient (Wildman–Crippen LogP) is 4.28. The van der Waals surface area contributed by atoms with Crippen molar-refractivity contribution in [3.63, 3.8) is 0 Å². The molecule has 0 N–H and O–H groups in total. The molecule has 1 saturated heterocycles. The number of benzene rings is 2. The zero-order valence-corrected chi connectivity index (χ0v) is 17.9. The van der Waals surface area contributed by atoms with Crippen molar-refractivity contribution in [1.29, 1.82) is 0 Å². The van der Waals surface area contributed by atoms with Gasteiger partial charge in [0.15, 0.2) is 5.82 Å². The zero-order chi connectivity index (χ0) is 26.3. The first-order valence-corrected chi connectivity index (χ1v) is 10.7. The van der Waals surface area contributed by atoms with Gasteiger partial charge in [0.1, 0.15) is 17.1 Å². The smallest absolute Gasteiger partial charge is 0.387 e. The number of amides is 1. The number of rotatable bonds is 2. The summed E-state index contributed by atoms with van der Waals surface area (Å²) in [6.45, 7) is -3.26. The number of ether oxygens (including phenoxy) is 2. The van der Waals surface area contributed by atoms with Crippen molar-refractivity contribution < 1.29 is 31.6 Å². The van der Waals surface area contributed by atoms with Gasteiger partial charge >= 0.3 is 6.61 Å². The van der Waals surface area contributed by atoms with Gasteiger partial charge in [-0.3, -0.25) is 4.79 Å². The summed E-state index contributed by atoms with van der Waals surface area (Å²) in [4.78, 5) is 18.7. The number of nitrogens with zero attached hydrogens (tertiary/aromatic N) is 3. The summed E-state index contributed by atoms with van der Waals surface area (Å²) in [7, 11) is 0. The molecule has 4 heterocycles. The number of fused-ring (bicyclic) bond motifs is 9. The van der Waals surface area contributed by atoms with E-state index in [-0.39, 0.29) is 51.1 Å². The topological polar surface area (TPSA) is 56.6 Å². The molecule has 2 bridgehead atoms. The van der Waals surface area contributed by atoms with Crippen LogP contribution in [0.4, 0.5) is 13.2 Å². The van der Waals surface area contributed by atoms with Crippen LogP contribution in [0.15, 0.2) is 30.3 Å². The van der Waals surface area contributed by atoms with Crippen molar-refractivity contribution in [2.45, 2.75) is 32.0 Å². The zero-order valence-electron chi connectivity index (χ0n) is 20.9. The van der Waals surface area contributed by atoms with Gasteiger partial charge in [-0.15, -0.1) is 0 Å². The lowest BCUT2D eigenvalue weighted by Crippen LogP contribution is -2.38. The van der Waals surface area contributed by atoms with Crippen LogP contribution in [-0.2, 0) is 4.74 Å². The minimum absolute atomic E-state index is 0.00374. The molecule has 2 aromatic carbocycles. The van der Waals surface area contributed by atoms with E-state index in [9.17, 15) is 13.6 Å². The maximum Gasteiger partial charge on any atom is 0.387 e. The van der Waals surface area contributed by atoms with Crippen LogP contribution in [0, 0.1) is 23.1 Å². The molecule has 174 valence electrons. The highest BCUT2D eigenvalue weighted by molar-refractivity contribution is 5.98. The Morgan fingerprint density at radius 1 is 1.29 bits per heavy atom. The number of alkyl halides is 2. The van der Waals surface area contributed by atoms with Crippen LogP contribution in [0.5, 0.6) is 5.75 Å². The summed E-state index contributed by atoms with van der Waals surface area (Å²) in [5, 5.41) is 0. The molecule has 1 fully saturated rings. The highest BCUT2D eigenvalue weighted by Crippen LogP contribution is 2.50. The van der Waals surface area contributed by atoms with Crippen LogP contribution < -0.4 is 4.74 Å². The van der Waals surface area contributed by atoms with E-state index in [0.29, 0.717) is 13.2 Å². The van der Waals surface area contributed by atoms with E-state index in [1.807, 2.05) is 6.92 Å². The lowest BCUT2D eigenvalue weighted by atomic mass is 9.89. The Bertz CT molecular complexity index is 1520. The molecular formula is C25H20F3N3O3. The van der Waals surface area contributed by atoms with Crippen molar-refractivity contribution in [3.05, 3.63) is 58.7 Å². The third-order valence-electron chi connectivity index (χ3n) is 6.59. The van der Waals surface area contributed by atoms with Crippen LogP contribution >= 0.6 is 0 Å². The first-order chi connectivity index (χ1) is 17.5. The molecule has 3 aromatic rings. The van der Waals surface area contributed by atoms with Gasteiger partial charge in [0.2, 0.25) is 0 Å². The van der Waals surface area contributed by atoms with Crippen LogP contribution in [0.2, 0.25) is 0 Å². The Morgan fingerprint density at radius 3 is 2.82 bits per heavy atom. The van der Waals surface area contributed by atoms with E-state index in [4.69, 9.17) is 13.6 Å². The molecule has 34 heavy (non-hydrogen) atoms. The summed E-state index contributed by atoms with van der Waals surface area (Å²) in [6.07, 6.45) is 0.00374. The minimum Gasteiger partial charge on any atom is -0.434 e. The molecule has 0 aliphatic carbocycles. The van der Waals surface area contributed by atoms with Gasteiger partial charge in [0, 0.05) is 28.6 Å². The van der Waals surface area contributed by atoms with Gasteiger partial charge in [-0.25, -0.2) is 9.37 Å². The van der Waals surface area contributed by atoms with Crippen LogP contribution in [-0.4, -0.2) is 47.2 Å². The fourth-order valence-electron chi connectivity index (χ4n) is 4.95. The lowest BCUT2D eigenvalue weighted by molar-refractivity contribution is -0.0648. The van der Waals surface area contributed by atoms with Crippen LogP contribution in [0.1, 0.15) is 56.8 Å². The third-order valence-corrected chi connectivity index (χ3v) is 6.59. The number of carbonyl (C=O) groups excluding carboxylic acids is 1. The van der Waals surface area contributed by atoms with Gasteiger partial charge in [-0.1, -0.05) is 17.9 Å². The summed E-state index contributed by atoms with van der Waals surface area (Å²) < 4.78 is 78.2. The molecule has 9 heteroatoms. The van der Waals surface area contributed by atoms with Crippen molar-refractivity contribution in [1.82, 2.24) is 14.5 Å². The maximum absolute atomic E-state index is 16.0. The van der Waals surface area contributed by atoms with Crippen LogP contribution in [0.25, 0.3) is 11.0 Å².